The van der Waals surface area contributed by atoms with E-state index in [1.165, 1.54) is 0 Å². The zero-order chi connectivity index (χ0) is 19.2. The standard InChI is InChI=1S/C21H31N3O3/c1-3-4-13-24-19(25)10-9-17(21(26)23-14-11-22-12-15-23)20(24)16-7-5-6-8-18(16)27-2/h5-8,17,20,22H,3-4,9-15H2,1-2H3. The third-order valence-corrected chi connectivity index (χ3v) is 5.66. The molecule has 0 radical (unpaired) electrons. The number of nitrogens with zero attached hydrogens (tertiary/aromatic N) is 2. The number of likely N-dealkylation sites (tertiary alicyclic amines) is 1. The average Bonchev–Trinajstić information content (AvgIpc) is 2.72. The molecule has 2 fully saturated rings. The summed E-state index contributed by atoms with van der Waals surface area (Å²) in [7, 11) is 1.65. The Hall–Kier alpha value is -2.08. The number of piperazine rings is 1. The summed E-state index contributed by atoms with van der Waals surface area (Å²) in [4.78, 5) is 30.0. The molecule has 2 aliphatic rings. The number of ether oxygens (including phenoxy) is 1. The van der Waals surface area contributed by atoms with Crippen molar-refractivity contribution in [1.82, 2.24) is 15.1 Å². The minimum Gasteiger partial charge on any atom is -0.496 e. The second-order valence-electron chi connectivity index (χ2n) is 7.35. The summed E-state index contributed by atoms with van der Waals surface area (Å²) in [6, 6.07) is 7.55. The van der Waals surface area contributed by atoms with Crippen LogP contribution in [0.3, 0.4) is 0 Å². The molecule has 2 saturated heterocycles. The van der Waals surface area contributed by atoms with E-state index >= 15 is 0 Å². The third kappa shape index (κ3) is 4.26. The lowest BCUT2D eigenvalue weighted by Gasteiger charge is -2.43. The number of hydrogen-bond acceptors (Lipinski definition) is 4. The van der Waals surface area contributed by atoms with Crippen molar-refractivity contribution in [2.45, 2.75) is 38.6 Å². The smallest absolute Gasteiger partial charge is 0.228 e. The number of piperidine rings is 1. The average molecular weight is 373 g/mol. The minimum absolute atomic E-state index is 0.142. The van der Waals surface area contributed by atoms with Crippen molar-refractivity contribution < 1.29 is 14.3 Å². The van der Waals surface area contributed by atoms with Gasteiger partial charge in [0.15, 0.2) is 0 Å². The fourth-order valence-corrected chi connectivity index (χ4v) is 4.22. The Bertz CT molecular complexity index is 658. The highest BCUT2D eigenvalue weighted by Crippen LogP contribution is 2.41. The Balaban J connectivity index is 1.96. The van der Waals surface area contributed by atoms with Crippen molar-refractivity contribution in [3.8, 4) is 5.75 Å². The van der Waals surface area contributed by atoms with E-state index in [2.05, 4.69) is 12.2 Å². The quantitative estimate of drug-likeness (QED) is 0.830. The predicted molar refractivity (Wildman–Crippen MR) is 105 cm³/mol. The van der Waals surface area contributed by atoms with Crippen molar-refractivity contribution in [1.29, 1.82) is 0 Å². The van der Waals surface area contributed by atoms with Gasteiger partial charge >= 0.3 is 0 Å². The van der Waals surface area contributed by atoms with Gasteiger partial charge in [0.05, 0.1) is 19.1 Å². The van der Waals surface area contributed by atoms with Gasteiger partial charge in [-0.15, -0.1) is 0 Å². The van der Waals surface area contributed by atoms with E-state index in [0.29, 0.717) is 19.4 Å². The second-order valence-corrected chi connectivity index (χ2v) is 7.35. The highest BCUT2D eigenvalue weighted by Gasteiger charge is 2.43. The van der Waals surface area contributed by atoms with E-state index in [9.17, 15) is 9.59 Å². The third-order valence-electron chi connectivity index (χ3n) is 5.66. The van der Waals surface area contributed by atoms with Gasteiger partial charge in [-0.3, -0.25) is 9.59 Å². The molecule has 6 nitrogen and oxygen atoms in total. The molecule has 6 heteroatoms. The van der Waals surface area contributed by atoms with Crippen LogP contribution in [0.5, 0.6) is 5.75 Å². The van der Waals surface area contributed by atoms with E-state index in [1.54, 1.807) is 7.11 Å². The van der Waals surface area contributed by atoms with E-state index in [4.69, 9.17) is 4.74 Å². The fourth-order valence-electron chi connectivity index (χ4n) is 4.22. The Kier molecular flexibility index (Phi) is 6.72. The lowest BCUT2D eigenvalue weighted by atomic mass is 9.82. The van der Waals surface area contributed by atoms with Crippen LogP contribution < -0.4 is 10.1 Å². The molecule has 2 heterocycles. The van der Waals surface area contributed by atoms with Crippen LogP contribution in [0.1, 0.15) is 44.2 Å². The largest absolute Gasteiger partial charge is 0.496 e. The van der Waals surface area contributed by atoms with Crippen LogP contribution in [0.25, 0.3) is 0 Å². The maximum atomic E-state index is 13.4. The fraction of sp³-hybridized carbons (Fsp3) is 0.619. The maximum Gasteiger partial charge on any atom is 0.228 e. The number of hydrogen-bond donors (Lipinski definition) is 1. The Morgan fingerprint density at radius 2 is 2.00 bits per heavy atom. The van der Waals surface area contributed by atoms with E-state index in [1.807, 2.05) is 34.1 Å². The molecule has 0 spiro atoms. The van der Waals surface area contributed by atoms with Gasteiger partial charge in [-0.2, -0.15) is 0 Å². The molecule has 0 aliphatic carbocycles. The van der Waals surface area contributed by atoms with Gasteiger partial charge in [0.1, 0.15) is 5.75 Å². The number of amides is 2. The van der Waals surface area contributed by atoms with Crippen molar-refractivity contribution >= 4 is 11.8 Å². The highest BCUT2D eigenvalue weighted by molar-refractivity contribution is 5.85. The lowest BCUT2D eigenvalue weighted by Crippen LogP contribution is -2.53. The van der Waals surface area contributed by atoms with Gasteiger partial charge in [0.2, 0.25) is 11.8 Å². The zero-order valence-corrected chi connectivity index (χ0v) is 16.4. The Labute approximate surface area is 161 Å². The van der Waals surface area contributed by atoms with Gasteiger partial charge in [-0.25, -0.2) is 0 Å². The van der Waals surface area contributed by atoms with Crippen LogP contribution in [0.4, 0.5) is 0 Å². The van der Waals surface area contributed by atoms with Crippen molar-refractivity contribution in [3.05, 3.63) is 29.8 Å². The minimum atomic E-state index is -0.253. The highest BCUT2D eigenvalue weighted by atomic mass is 16.5. The Morgan fingerprint density at radius 3 is 2.70 bits per heavy atom. The first-order chi connectivity index (χ1) is 13.2. The summed E-state index contributed by atoms with van der Waals surface area (Å²) in [5.74, 6) is 0.843. The molecule has 0 aromatic heterocycles. The topological polar surface area (TPSA) is 61.9 Å². The Morgan fingerprint density at radius 1 is 1.26 bits per heavy atom. The molecule has 0 bridgehead atoms. The first-order valence-corrected chi connectivity index (χ1v) is 10.1. The van der Waals surface area contributed by atoms with Crippen molar-refractivity contribution in [3.63, 3.8) is 0 Å². The second kappa shape index (κ2) is 9.22. The van der Waals surface area contributed by atoms with E-state index in [-0.39, 0.29) is 23.8 Å². The van der Waals surface area contributed by atoms with Gasteiger partial charge in [-0.05, 0) is 18.9 Å². The van der Waals surface area contributed by atoms with Crippen LogP contribution in [-0.4, -0.2) is 61.4 Å². The first kappa shape index (κ1) is 19.7. The molecule has 2 unspecified atom stereocenters. The van der Waals surface area contributed by atoms with Crippen LogP contribution in [-0.2, 0) is 9.59 Å². The normalized spacial score (nSPS) is 23.4. The predicted octanol–water partition coefficient (Wildman–Crippen LogP) is 2.21. The monoisotopic (exact) mass is 373 g/mol. The maximum absolute atomic E-state index is 13.4. The van der Waals surface area contributed by atoms with Crippen LogP contribution >= 0.6 is 0 Å². The SMILES string of the molecule is CCCCN1C(=O)CCC(C(=O)N2CCNCC2)C1c1ccccc1OC. The molecule has 1 aromatic rings. The number of nitrogens with one attached hydrogen (secondary N) is 1. The molecule has 148 valence electrons. The molecule has 1 aromatic carbocycles. The molecular formula is C21H31N3O3. The summed E-state index contributed by atoms with van der Waals surface area (Å²) in [6.45, 7) is 5.93. The molecular weight excluding hydrogens is 342 g/mol. The number of rotatable bonds is 6. The number of unbranched alkanes of at least 4 members (excludes halogenated alkanes) is 1. The van der Waals surface area contributed by atoms with E-state index in [0.717, 1.165) is 50.3 Å². The van der Waals surface area contributed by atoms with E-state index < -0.39 is 0 Å². The number of carbonyl (C=O) groups excluding carboxylic acids is 2. The van der Waals surface area contributed by atoms with Gasteiger partial charge < -0.3 is 19.9 Å². The lowest BCUT2D eigenvalue weighted by molar-refractivity contribution is -0.148. The van der Waals surface area contributed by atoms with Crippen LogP contribution in [0, 0.1) is 5.92 Å². The summed E-state index contributed by atoms with van der Waals surface area (Å²) in [6.07, 6.45) is 3.00. The molecule has 1 N–H and O–H groups in total. The summed E-state index contributed by atoms with van der Waals surface area (Å²) in [5, 5.41) is 3.30. The molecule has 0 saturated carbocycles. The summed E-state index contributed by atoms with van der Waals surface area (Å²) >= 11 is 0. The zero-order valence-electron chi connectivity index (χ0n) is 16.4. The number of benzene rings is 1. The van der Waals surface area contributed by atoms with Gasteiger partial charge in [0.25, 0.3) is 0 Å². The molecule has 2 amide bonds. The van der Waals surface area contributed by atoms with Gasteiger partial charge in [0, 0.05) is 44.7 Å². The number of methoxy groups -OCH3 is 1. The number of carbonyl (C=O) groups is 2. The van der Waals surface area contributed by atoms with Crippen molar-refractivity contribution in [2.24, 2.45) is 5.92 Å². The molecule has 27 heavy (non-hydrogen) atoms. The van der Waals surface area contributed by atoms with Crippen LogP contribution in [0.15, 0.2) is 24.3 Å². The molecule has 2 atom stereocenters. The molecule has 3 rings (SSSR count). The summed E-state index contributed by atoms with van der Waals surface area (Å²) < 4.78 is 5.59. The van der Waals surface area contributed by atoms with Gasteiger partial charge in [-0.1, -0.05) is 31.5 Å². The van der Waals surface area contributed by atoms with Crippen LogP contribution in [0.2, 0.25) is 0 Å². The van der Waals surface area contributed by atoms with Crippen molar-refractivity contribution in [2.75, 3.05) is 39.8 Å². The summed E-state index contributed by atoms with van der Waals surface area (Å²) in [5.41, 5.74) is 0.942. The number of para-hydroxylation sites is 1. The molecule has 2 aliphatic heterocycles. The first-order valence-electron chi connectivity index (χ1n) is 10.1.